The first kappa shape index (κ1) is 22.9. The molecule has 0 radical (unpaired) electrons. The molecule has 0 amide bonds. The monoisotopic (exact) mass is 570 g/mol. The van der Waals surface area contributed by atoms with Crippen molar-refractivity contribution >= 4 is 50.6 Å². The van der Waals surface area contributed by atoms with Gasteiger partial charge in [0.25, 0.3) is 0 Å². The predicted molar refractivity (Wildman–Crippen MR) is 129 cm³/mol. The molecule has 170 valence electrons. The Morgan fingerprint density at radius 3 is 2.39 bits per heavy atom. The third kappa shape index (κ3) is 3.90. The molecule has 0 saturated heterocycles. The summed E-state index contributed by atoms with van der Waals surface area (Å²) < 4.78 is 43.5. The van der Waals surface area contributed by atoms with Crippen molar-refractivity contribution < 1.29 is 13.2 Å². The molecular formula is C22H15BrClF3N4S2. The summed E-state index contributed by atoms with van der Waals surface area (Å²) in [5.74, 6) is 0. The van der Waals surface area contributed by atoms with Gasteiger partial charge in [-0.15, -0.1) is 22.0 Å². The van der Waals surface area contributed by atoms with Crippen molar-refractivity contribution in [3.8, 4) is 27.6 Å². The van der Waals surface area contributed by atoms with Gasteiger partial charge in [0.15, 0.2) is 5.01 Å². The van der Waals surface area contributed by atoms with Crippen molar-refractivity contribution in [3.05, 3.63) is 63.0 Å². The van der Waals surface area contributed by atoms with Crippen LogP contribution in [0.15, 0.2) is 57.9 Å². The lowest BCUT2D eigenvalue weighted by molar-refractivity contribution is -0.160. The molecule has 5 rings (SSSR count). The topological polar surface area (TPSA) is 43.6 Å². The molecule has 1 saturated carbocycles. The van der Waals surface area contributed by atoms with E-state index in [2.05, 4.69) is 26.1 Å². The SMILES string of the molecule is CSc1c(-c2nnc(C3(C(F)(F)F)CC3)s2)nn(-c2ccccc2Cl)c1-c1ccc(Br)cc1. The second-order valence-electron chi connectivity index (χ2n) is 7.59. The number of halogens is 5. The average molecular weight is 572 g/mol. The predicted octanol–water partition coefficient (Wildman–Crippen LogP) is 7.79. The Morgan fingerprint density at radius 2 is 1.79 bits per heavy atom. The number of para-hydroxylation sites is 1. The largest absolute Gasteiger partial charge is 0.400 e. The molecule has 0 spiro atoms. The fourth-order valence-electron chi connectivity index (χ4n) is 3.65. The molecule has 4 nitrogen and oxygen atoms in total. The van der Waals surface area contributed by atoms with Crippen LogP contribution in [0.2, 0.25) is 5.02 Å². The Kier molecular flexibility index (Phi) is 5.83. The number of benzene rings is 2. The highest BCUT2D eigenvalue weighted by Crippen LogP contribution is 2.60. The molecule has 4 aromatic rings. The summed E-state index contributed by atoms with van der Waals surface area (Å²) in [7, 11) is 0. The smallest absolute Gasteiger partial charge is 0.230 e. The number of alkyl halides is 3. The molecule has 2 heterocycles. The maximum Gasteiger partial charge on any atom is 0.400 e. The molecule has 0 N–H and O–H groups in total. The van der Waals surface area contributed by atoms with E-state index in [1.807, 2.05) is 48.7 Å². The van der Waals surface area contributed by atoms with Gasteiger partial charge in [0.05, 0.1) is 21.3 Å². The normalized spacial score (nSPS) is 15.1. The van der Waals surface area contributed by atoms with Gasteiger partial charge in [-0.05, 0) is 43.4 Å². The molecule has 0 aliphatic heterocycles. The van der Waals surface area contributed by atoms with Crippen LogP contribution >= 0.6 is 50.6 Å². The summed E-state index contributed by atoms with van der Waals surface area (Å²) in [6.45, 7) is 0. The van der Waals surface area contributed by atoms with Gasteiger partial charge in [-0.3, -0.25) is 0 Å². The minimum Gasteiger partial charge on any atom is -0.230 e. The number of rotatable bonds is 5. The number of thioether (sulfide) groups is 1. The highest BCUT2D eigenvalue weighted by atomic mass is 79.9. The summed E-state index contributed by atoms with van der Waals surface area (Å²) in [5, 5.41) is 13.7. The number of hydrogen-bond donors (Lipinski definition) is 0. The molecule has 2 aromatic heterocycles. The molecule has 11 heteroatoms. The first-order valence-electron chi connectivity index (χ1n) is 9.84. The fourth-order valence-corrected chi connectivity index (χ4v) is 6.03. The average Bonchev–Trinajstić information content (AvgIpc) is 3.32. The van der Waals surface area contributed by atoms with Gasteiger partial charge in [0.2, 0.25) is 0 Å². The van der Waals surface area contributed by atoms with E-state index in [4.69, 9.17) is 16.7 Å². The van der Waals surface area contributed by atoms with E-state index in [0.29, 0.717) is 21.4 Å². The summed E-state index contributed by atoms with van der Waals surface area (Å²) in [6, 6.07) is 15.0. The van der Waals surface area contributed by atoms with Crippen LogP contribution in [-0.4, -0.2) is 32.4 Å². The van der Waals surface area contributed by atoms with E-state index < -0.39 is 11.6 Å². The van der Waals surface area contributed by atoms with E-state index in [-0.39, 0.29) is 17.8 Å². The lowest BCUT2D eigenvalue weighted by Crippen LogP contribution is -2.28. The Balaban J connectivity index is 1.71. The summed E-state index contributed by atoms with van der Waals surface area (Å²) in [6.07, 6.45) is -2.36. The van der Waals surface area contributed by atoms with Gasteiger partial charge in [-0.2, -0.15) is 18.3 Å². The Labute approximate surface area is 209 Å². The zero-order chi connectivity index (χ0) is 23.4. The van der Waals surface area contributed by atoms with Crippen molar-refractivity contribution in [2.45, 2.75) is 29.3 Å². The van der Waals surface area contributed by atoms with Gasteiger partial charge in [-0.1, -0.05) is 63.1 Å². The van der Waals surface area contributed by atoms with E-state index in [1.165, 1.54) is 11.8 Å². The van der Waals surface area contributed by atoms with Crippen LogP contribution in [0.4, 0.5) is 13.2 Å². The van der Waals surface area contributed by atoms with E-state index >= 15 is 0 Å². The number of hydrogen-bond acceptors (Lipinski definition) is 5. The highest BCUT2D eigenvalue weighted by molar-refractivity contribution is 9.10. The zero-order valence-electron chi connectivity index (χ0n) is 17.0. The minimum absolute atomic E-state index is 0.00506. The van der Waals surface area contributed by atoms with Gasteiger partial charge in [0.1, 0.15) is 16.1 Å². The number of aromatic nitrogens is 4. The molecule has 1 fully saturated rings. The van der Waals surface area contributed by atoms with E-state index in [0.717, 1.165) is 32.0 Å². The zero-order valence-corrected chi connectivity index (χ0v) is 21.0. The third-order valence-electron chi connectivity index (χ3n) is 5.57. The maximum absolute atomic E-state index is 13.6. The molecular weight excluding hydrogens is 557 g/mol. The van der Waals surface area contributed by atoms with Crippen molar-refractivity contribution in [3.63, 3.8) is 0 Å². The lowest BCUT2D eigenvalue weighted by atomic mass is 10.1. The Bertz CT molecular complexity index is 1330. The standard InChI is InChI=1S/C22H15BrClF3N4S2/c1-32-18-16(19-28-29-20(33-19)21(10-11-21)22(25,26)27)30-31(15-5-3-2-4-14(15)24)17(18)12-6-8-13(23)9-7-12/h2-9H,10-11H2,1H3. The molecule has 33 heavy (non-hydrogen) atoms. The van der Waals surface area contributed by atoms with Crippen LogP contribution in [-0.2, 0) is 5.41 Å². The van der Waals surface area contributed by atoms with E-state index in [1.54, 1.807) is 10.7 Å². The molecule has 0 bridgehead atoms. The van der Waals surface area contributed by atoms with Crippen molar-refractivity contribution in [1.82, 2.24) is 20.0 Å². The van der Waals surface area contributed by atoms with Crippen LogP contribution < -0.4 is 0 Å². The Morgan fingerprint density at radius 1 is 1.09 bits per heavy atom. The summed E-state index contributed by atoms with van der Waals surface area (Å²) >= 11 is 12.4. The quantitative estimate of drug-likeness (QED) is 0.229. The maximum atomic E-state index is 13.6. The molecule has 1 aliphatic carbocycles. The first-order chi connectivity index (χ1) is 15.7. The Hall–Kier alpha value is -1.88. The summed E-state index contributed by atoms with van der Waals surface area (Å²) in [4.78, 5) is 0.789. The number of nitrogens with zero attached hydrogens (tertiary/aromatic N) is 4. The minimum atomic E-state index is -4.34. The van der Waals surface area contributed by atoms with Crippen LogP contribution in [0.1, 0.15) is 17.8 Å². The van der Waals surface area contributed by atoms with Crippen LogP contribution in [0.5, 0.6) is 0 Å². The van der Waals surface area contributed by atoms with Gasteiger partial charge >= 0.3 is 6.18 Å². The molecule has 0 unspecified atom stereocenters. The third-order valence-corrected chi connectivity index (χ3v) is 8.35. The van der Waals surface area contributed by atoms with Crippen LogP contribution in [0.25, 0.3) is 27.6 Å². The highest BCUT2D eigenvalue weighted by Gasteiger charge is 2.66. The van der Waals surface area contributed by atoms with Crippen LogP contribution in [0.3, 0.4) is 0 Å². The molecule has 0 atom stereocenters. The van der Waals surface area contributed by atoms with Gasteiger partial charge in [-0.25, -0.2) is 4.68 Å². The van der Waals surface area contributed by atoms with Gasteiger partial charge < -0.3 is 0 Å². The fraction of sp³-hybridized carbons (Fsp3) is 0.227. The van der Waals surface area contributed by atoms with E-state index in [9.17, 15) is 13.2 Å². The molecule has 2 aromatic carbocycles. The van der Waals surface area contributed by atoms with Crippen LogP contribution in [0, 0.1) is 0 Å². The molecule has 1 aliphatic rings. The van der Waals surface area contributed by atoms with Gasteiger partial charge in [0, 0.05) is 10.0 Å². The second-order valence-corrected chi connectivity index (χ2v) is 10.7. The second kappa shape index (κ2) is 8.41. The lowest BCUT2D eigenvalue weighted by Gasteiger charge is -2.15. The van der Waals surface area contributed by atoms with Crippen molar-refractivity contribution in [2.75, 3.05) is 6.26 Å². The first-order valence-corrected chi connectivity index (χ1v) is 13.1. The van der Waals surface area contributed by atoms with Crippen molar-refractivity contribution in [2.24, 2.45) is 0 Å². The summed E-state index contributed by atoms with van der Waals surface area (Å²) in [5.41, 5.74) is 0.952. The van der Waals surface area contributed by atoms with Crippen molar-refractivity contribution in [1.29, 1.82) is 0 Å².